The molecule has 1 aromatic carbocycles. The summed E-state index contributed by atoms with van der Waals surface area (Å²) in [5.74, 6) is 0. The van der Waals surface area contributed by atoms with E-state index in [2.05, 4.69) is 0 Å². The molecule has 0 saturated carbocycles. The highest BCUT2D eigenvalue weighted by atomic mass is 16.6. The lowest BCUT2D eigenvalue weighted by Crippen LogP contribution is -2.36. The van der Waals surface area contributed by atoms with Gasteiger partial charge in [0.1, 0.15) is 0 Å². The van der Waals surface area contributed by atoms with Gasteiger partial charge in [0, 0.05) is 18.0 Å². The Kier molecular flexibility index (Phi) is 2.49. The number of hydrogen-bond donors (Lipinski definition) is 0. The van der Waals surface area contributed by atoms with Gasteiger partial charge in [-0.25, -0.2) is 0 Å². The monoisotopic (exact) mass is 202 g/mol. The highest BCUT2D eigenvalue weighted by Gasteiger charge is 2.25. The molecule has 1 atom stereocenters. The molecule has 0 aliphatic carbocycles. The van der Waals surface area contributed by atoms with Crippen molar-refractivity contribution in [2.45, 2.75) is 6.17 Å². The third-order valence-corrected chi connectivity index (χ3v) is 2.20. The van der Waals surface area contributed by atoms with Crippen molar-refractivity contribution in [2.75, 3.05) is 4.90 Å². The molecule has 1 aliphatic heterocycles. The van der Waals surface area contributed by atoms with Crippen molar-refractivity contribution < 1.29 is 4.92 Å². The van der Waals surface area contributed by atoms with E-state index in [1.54, 1.807) is 29.3 Å². The van der Waals surface area contributed by atoms with Crippen molar-refractivity contribution in [3.8, 4) is 0 Å². The number of anilines is 1. The molecule has 0 saturated heterocycles. The summed E-state index contributed by atoms with van der Waals surface area (Å²) in [6, 6.07) is 9.30. The van der Waals surface area contributed by atoms with E-state index in [0.717, 1.165) is 5.69 Å². The summed E-state index contributed by atoms with van der Waals surface area (Å²) in [7, 11) is 0. The van der Waals surface area contributed by atoms with E-state index in [9.17, 15) is 10.1 Å². The minimum Gasteiger partial charge on any atom is -0.282 e. The Labute approximate surface area is 87.3 Å². The van der Waals surface area contributed by atoms with Crippen molar-refractivity contribution in [3.63, 3.8) is 0 Å². The molecule has 4 nitrogen and oxygen atoms in total. The fourth-order valence-corrected chi connectivity index (χ4v) is 1.50. The van der Waals surface area contributed by atoms with Crippen LogP contribution in [0, 0.1) is 10.1 Å². The molecule has 0 aromatic heterocycles. The Balaban J connectivity index is 2.32. The summed E-state index contributed by atoms with van der Waals surface area (Å²) < 4.78 is 0. The molecular weight excluding hydrogens is 192 g/mol. The average molecular weight is 202 g/mol. The molecule has 0 spiro atoms. The van der Waals surface area contributed by atoms with Crippen LogP contribution in [0.5, 0.6) is 0 Å². The topological polar surface area (TPSA) is 46.4 Å². The van der Waals surface area contributed by atoms with E-state index in [4.69, 9.17) is 0 Å². The lowest BCUT2D eigenvalue weighted by molar-refractivity contribution is -0.507. The Morgan fingerprint density at radius 3 is 2.60 bits per heavy atom. The highest BCUT2D eigenvalue weighted by molar-refractivity contribution is 5.51. The first-order chi connectivity index (χ1) is 7.29. The Morgan fingerprint density at radius 2 is 1.93 bits per heavy atom. The molecule has 1 heterocycles. The molecule has 0 amide bonds. The predicted octanol–water partition coefficient (Wildman–Crippen LogP) is 2.18. The average Bonchev–Trinajstić information content (AvgIpc) is 2.30. The summed E-state index contributed by atoms with van der Waals surface area (Å²) in [4.78, 5) is 12.1. The van der Waals surface area contributed by atoms with Gasteiger partial charge in [0.15, 0.2) is 0 Å². The third-order valence-electron chi connectivity index (χ3n) is 2.20. The van der Waals surface area contributed by atoms with Crippen LogP contribution in [0.25, 0.3) is 0 Å². The molecule has 0 radical (unpaired) electrons. The number of hydrogen-bond acceptors (Lipinski definition) is 3. The number of nitro groups is 1. The molecular formula is C11H10N2O2. The van der Waals surface area contributed by atoms with E-state index in [0.29, 0.717) is 0 Å². The van der Waals surface area contributed by atoms with Crippen LogP contribution < -0.4 is 4.90 Å². The largest absolute Gasteiger partial charge is 0.310 e. The van der Waals surface area contributed by atoms with Gasteiger partial charge in [-0.1, -0.05) is 24.3 Å². The van der Waals surface area contributed by atoms with Gasteiger partial charge in [0.25, 0.3) is 0 Å². The summed E-state index contributed by atoms with van der Waals surface area (Å²) in [5, 5.41) is 10.8. The second kappa shape index (κ2) is 3.96. The van der Waals surface area contributed by atoms with E-state index >= 15 is 0 Å². The number of rotatable bonds is 2. The minimum absolute atomic E-state index is 0.312. The van der Waals surface area contributed by atoms with E-state index < -0.39 is 6.17 Å². The molecule has 1 aliphatic rings. The zero-order valence-corrected chi connectivity index (χ0v) is 7.98. The molecule has 1 aromatic rings. The van der Waals surface area contributed by atoms with Crippen LogP contribution in [0.1, 0.15) is 0 Å². The fraction of sp³-hybridized carbons (Fsp3) is 0.0909. The van der Waals surface area contributed by atoms with Gasteiger partial charge in [0.05, 0.1) is 4.92 Å². The third kappa shape index (κ3) is 1.88. The summed E-state index contributed by atoms with van der Waals surface area (Å²) in [6.45, 7) is 0. The molecule has 4 heteroatoms. The Bertz CT molecular complexity index is 412. The second-order valence-electron chi connectivity index (χ2n) is 3.17. The maximum atomic E-state index is 10.8. The molecule has 0 fully saturated rings. The van der Waals surface area contributed by atoms with Crippen molar-refractivity contribution in [3.05, 3.63) is 64.9 Å². The summed E-state index contributed by atoms with van der Waals surface area (Å²) in [5.41, 5.74) is 0.819. The lowest BCUT2D eigenvalue weighted by atomic mass is 10.2. The first-order valence-electron chi connectivity index (χ1n) is 4.61. The fourth-order valence-electron chi connectivity index (χ4n) is 1.50. The summed E-state index contributed by atoms with van der Waals surface area (Å²) >= 11 is 0. The van der Waals surface area contributed by atoms with Crippen molar-refractivity contribution in [2.24, 2.45) is 0 Å². The van der Waals surface area contributed by atoms with Gasteiger partial charge in [-0.15, -0.1) is 0 Å². The Morgan fingerprint density at radius 1 is 1.20 bits per heavy atom. The predicted molar refractivity (Wildman–Crippen MR) is 58.0 cm³/mol. The van der Waals surface area contributed by atoms with Crippen LogP contribution >= 0.6 is 0 Å². The molecule has 0 bridgehead atoms. The van der Waals surface area contributed by atoms with Crippen LogP contribution in [-0.2, 0) is 0 Å². The van der Waals surface area contributed by atoms with Gasteiger partial charge in [-0.05, 0) is 18.2 Å². The van der Waals surface area contributed by atoms with Crippen LogP contribution in [0.2, 0.25) is 0 Å². The quantitative estimate of drug-likeness (QED) is 0.545. The van der Waals surface area contributed by atoms with Crippen molar-refractivity contribution in [1.29, 1.82) is 0 Å². The Hall–Kier alpha value is -2.10. The maximum absolute atomic E-state index is 10.8. The minimum atomic E-state index is -0.808. The zero-order chi connectivity index (χ0) is 10.7. The van der Waals surface area contributed by atoms with Crippen LogP contribution in [0.15, 0.2) is 54.8 Å². The smallest absolute Gasteiger partial charge is 0.282 e. The summed E-state index contributed by atoms with van der Waals surface area (Å²) in [6.07, 6.45) is 5.94. The SMILES string of the molecule is O=[N+]([O-])C1C=CC=CN1c1ccccc1. The van der Waals surface area contributed by atoms with Gasteiger partial charge in [0.2, 0.25) is 0 Å². The van der Waals surface area contributed by atoms with Crippen molar-refractivity contribution >= 4 is 5.69 Å². The van der Waals surface area contributed by atoms with Crippen LogP contribution in [0.3, 0.4) is 0 Å². The van der Waals surface area contributed by atoms with Gasteiger partial charge in [-0.2, -0.15) is 0 Å². The lowest BCUT2D eigenvalue weighted by Gasteiger charge is -2.23. The molecule has 15 heavy (non-hydrogen) atoms. The number of para-hydroxylation sites is 1. The molecule has 1 unspecified atom stereocenters. The van der Waals surface area contributed by atoms with Gasteiger partial charge < -0.3 is 0 Å². The van der Waals surface area contributed by atoms with E-state index in [-0.39, 0.29) is 4.92 Å². The van der Waals surface area contributed by atoms with Crippen molar-refractivity contribution in [1.82, 2.24) is 0 Å². The van der Waals surface area contributed by atoms with Gasteiger partial charge >= 0.3 is 6.17 Å². The normalized spacial score (nSPS) is 19.2. The van der Waals surface area contributed by atoms with E-state index in [1.165, 1.54) is 0 Å². The van der Waals surface area contributed by atoms with Gasteiger partial charge in [-0.3, -0.25) is 15.0 Å². The standard InChI is InChI=1S/C11H10N2O2/c14-13(15)11-8-4-5-9-12(11)10-6-2-1-3-7-10/h1-9,11H. The molecule has 0 N–H and O–H groups in total. The number of nitrogens with zero attached hydrogens (tertiary/aromatic N) is 2. The molecule has 2 rings (SSSR count). The number of allylic oxidation sites excluding steroid dienone is 2. The molecule has 76 valence electrons. The first kappa shape index (κ1) is 9.45. The number of benzene rings is 1. The van der Waals surface area contributed by atoms with Crippen LogP contribution in [0.4, 0.5) is 5.69 Å². The zero-order valence-electron chi connectivity index (χ0n) is 7.98. The van der Waals surface area contributed by atoms with E-state index in [1.807, 2.05) is 30.3 Å². The van der Waals surface area contributed by atoms with Crippen LogP contribution in [-0.4, -0.2) is 11.1 Å². The second-order valence-corrected chi connectivity index (χ2v) is 3.17. The maximum Gasteiger partial charge on any atom is 0.310 e. The highest BCUT2D eigenvalue weighted by Crippen LogP contribution is 2.20. The first-order valence-corrected chi connectivity index (χ1v) is 4.61.